The summed E-state index contributed by atoms with van der Waals surface area (Å²) in [6.45, 7) is 0.821. The van der Waals surface area contributed by atoms with Crippen LogP contribution in [-0.4, -0.2) is 12.2 Å². The van der Waals surface area contributed by atoms with Crippen LogP contribution in [0.5, 0.6) is 0 Å². The predicted molar refractivity (Wildman–Crippen MR) is 47.9 cm³/mol. The van der Waals surface area contributed by atoms with E-state index in [-0.39, 0.29) is 11.5 Å². The lowest BCUT2D eigenvalue weighted by atomic mass is 9.76. The van der Waals surface area contributed by atoms with Crippen LogP contribution in [0.2, 0.25) is 0 Å². The number of ether oxygens (including phenoxy) is 1. The molecular formula is C11H15NO. The topological polar surface area (TPSA) is 33.0 Å². The van der Waals surface area contributed by atoms with Crippen molar-refractivity contribution in [2.45, 2.75) is 37.7 Å². The van der Waals surface area contributed by atoms with Crippen LogP contribution in [0.1, 0.15) is 32.1 Å². The lowest BCUT2D eigenvalue weighted by molar-refractivity contribution is -0.0535. The van der Waals surface area contributed by atoms with Gasteiger partial charge in [0.1, 0.15) is 0 Å². The number of nitrogens with zero attached hydrogens (tertiary/aromatic N) is 1. The quantitative estimate of drug-likeness (QED) is 0.567. The highest BCUT2D eigenvalue weighted by Gasteiger charge is 2.58. The van der Waals surface area contributed by atoms with Crippen LogP contribution in [-0.2, 0) is 4.74 Å². The van der Waals surface area contributed by atoms with Gasteiger partial charge in [0.25, 0.3) is 0 Å². The number of fused-ring (bicyclic) bond motifs is 3. The van der Waals surface area contributed by atoms with Crippen LogP contribution in [0.15, 0.2) is 0 Å². The summed E-state index contributed by atoms with van der Waals surface area (Å²) < 4.78 is 5.92. The molecule has 4 atom stereocenters. The fourth-order valence-corrected chi connectivity index (χ4v) is 3.81. The standard InChI is InChI=1S/C11H15NO/c12-7-10-3-4-13-11(10)6-8-1-2-9(11)5-8/h8-10H,1-6H2. The zero-order valence-electron chi connectivity index (χ0n) is 7.83. The highest BCUT2D eigenvalue weighted by molar-refractivity contribution is 5.13. The van der Waals surface area contributed by atoms with Crippen LogP contribution in [0.4, 0.5) is 0 Å². The molecule has 70 valence electrons. The minimum absolute atomic E-state index is 0.0116. The van der Waals surface area contributed by atoms with Gasteiger partial charge in [0, 0.05) is 6.61 Å². The molecule has 0 amide bonds. The molecule has 13 heavy (non-hydrogen) atoms. The van der Waals surface area contributed by atoms with Gasteiger partial charge in [-0.15, -0.1) is 0 Å². The second kappa shape index (κ2) is 2.48. The SMILES string of the molecule is N#CC1CCOC12CC1CCC2C1. The van der Waals surface area contributed by atoms with Crippen LogP contribution in [0, 0.1) is 29.1 Å². The van der Waals surface area contributed by atoms with E-state index in [1.807, 2.05) is 0 Å². The molecule has 2 aliphatic carbocycles. The molecule has 1 spiro atoms. The second-order valence-electron chi connectivity index (χ2n) is 4.85. The molecule has 0 aromatic heterocycles. The molecule has 0 N–H and O–H groups in total. The number of hydrogen-bond acceptors (Lipinski definition) is 2. The van der Waals surface area contributed by atoms with Gasteiger partial charge in [-0.1, -0.05) is 0 Å². The predicted octanol–water partition coefficient (Wildman–Crippen LogP) is 2.11. The molecule has 3 aliphatic rings. The summed E-state index contributed by atoms with van der Waals surface area (Å²) in [4.78, 5) is 0. The zero-order valence-corrected chi connectivity index (χ0v) is 7.83. The monoisotopic (exact) mass is 177 g/mol. The fraction of sp³-hybridized carbons (Fsp3) is 0.909. The first-order valence-corrected chi connectivity index (χ1v) is 5.39. The molecule has 4 unspecified atom stereocenters. The van der Waals surface area contributed by atoms with E-state index in [0.29, 0.717) is 5.92 Å². The minimum atomic E-state index is 0.0116. The van der Waals surface area contributed by atoms with Crippen molar-refractivity contribution in [1.82, 2.24) is 0 Å². The molecule has 3 rings (SSSR count). The summed E-state index contributed by atoms with van der Waals surface area (Å²) >= 11 is 0. The van der Waals surface area contributed by atoms with Crippen molar-refractivity contribution in [1.29, 1.82) is 5.26 Å². The van der Waals surface area contributed by atoms with E-state index in [1.165, 1.54) is 25.7 Å². The molecule has 2 nitrogen and oxygen atoms in total. The lowest BCUT2D eigenvalue weighted by Gasteiger charge is -2.35. The van der Waals surface area contributed by atoms with Crippen molar-refractivity contribution in [3.63, 3.8) is 0 Å². The normalized spacial score (nSPS) is 53.0. The van der Waals surface area contributed by atoms with Gasteiger partial charge in [-0.2, -0.15) is 5.26 Å². The molecule has 0 aromatic rings. The van der Waals surface area contributed by atoms with Gasteiger partial charge in [-0.3, -0.25) is 0 Å². The Morgan fingerprint density at radius 1 is 1.31 bits per heavy atom. The van der Waals surface area contributed by atoms with Gasteiger partial charge in [-0.05, 0) is 43.9 Å². The maximum absolute atomic E-state index is 9.09. The second-order valence-corrected chi connectivity index (χ2v) is 4.85. The zero-order chi connectivity index (χ0) is 8.89. The van der Waals surface area contributed by atoms with Crippen molar-refractivity contribution in [3.8, 4) is 6.07 Å². The molecule has 2 heteroatoms. The molecule has 1 saturated heterocycles. The Kier molecular flexibility index (Phi) is 1.49. The average molecular weight is 177 g/mol. The highest BCUT2D eigenvalue weighted by atomic mass is 16.5. The summed E-state index contributed by atoms with van der Waals surface area (Å²) in [5.74, 6) is 1.78. The fourth-order valence-electron chi connectivity index (χ4n) is 3.81. The Morgan fingerprint density at radius 2 is 2.23 bits per heavy atom. The van der Waals surface area contributed by atoms with Crippen molar-refractivity contribution < 1.29 is 4.74 Å². The lowest BCUT2D eigenvalue weighted by Crippen LogP contribution is -2.40. The third kappa shape index (κ3) is 0.862. The first kappa shape index (κ1) is 7.82. The molecule has 1 heterocycles. The summed E-state index contributed by atoms with van der Waals surface area (Å²) in [6, 6.07) is 2.46. The van der Waals surface area contributed by atoms with Gasteiger partial charge in [0.2, 0.25) is 0 Å². The van der Waals surface area contributed by atoms with Gasteiger partial charge in [-0.25, -0.2) is 0 Å². The van der Waals surface area contributed by atoms with E-state index < -0.39 is 0 Å². The summed E-state index contributed by atoms with van der Waals surface area (Å²) in [6.07, 6.45) is 6.17. The van der Waals surface area contributed by atoms with Crippen LogP contribution < -0.4 is 0 Å². The van der Waals surface area contributed by atoms with Gasteiger partial charge in [0.05, 0.1) is 17.6 Å². The van der Waals surface area contributed by atoms with Gasteiger partial charge in [0.15, 0.2) is 0 Å². The van der Waals surface area contributed by atoms with E-state index in [4.69, 9.17) is 10.00 Å². The molecule has 2 saturated carbocycles. The number of nitriles is 1. The number of hydrogen-bond donors (Lipinski definition) is 0. The molecule has 2 bridgehead atoms. The van der Waals surface area contributed by atoms with Gasteiger partial charge < -0.3 is 4.74 Å². The minimum Gasteiger partial charge on any atom is -0.373 e. The van der Waals surface area contributed by atoms with Crippen LogP contribution in [0.25, 0.3) is 0 Å². The third-order valence-electron chi connectivity index (χ3n) is 4.36. The van der Waals surface area contributed by atoms with Crippen molar-refractivity contribution in [2.75, 3.05) is 6.61 Å². The molecule has 0 aromatic carbocycles. The van der Waals surface area contributed by atoms with Gasteiger partial charge >= 0.3 is 0 Å². The largest absolute Gasteiger partial charge is 0.373 e. The smallest absolute Gasteiger partial charge is 0.0871 e. The molecular weight excluding hydrogens is 162 g/mol. The van der Waals surface area contributed by atoms with E-state index >= 15 is 0 Å². The summed E-state index contributed by atoms with van der Waals surface area (Å²) in [5, 5.41) is 9.09. The summed E-state index contributed by atoms with van der Waals surface area (Å²) in [5.41, 5.74) is 0.0116. The maximum atomic E-state index is 9.09. The van der Waals surface area contributed by atoms with Crippen LogP contribution >= 0.6 is 0 Å². The number of rotatable bonds is 0. The van der Waals surface area contributed by atoms with E-state index in [2.05, 4.69) is 6.07 Å². The third-order valence-corrected chi connectivity index (χ3v) is 4.36. The molecule has 0 radical (unpaired) electrons. The Labute approximate surface area is 78.9 Å². The van der Waals surface area contributed by atoms with Crippen LogP contribution in [0.3, 0.4) is 0 Å². The van der Waals surface area contributed by atoms with E-state index in [9.17, 15) is 0 Å². The van der Waals surface area contributed by atoms with Crippen molar-refractivity contribution in [2.24, 2.45) is 17.8 Å². The Hall–Kier alpha value is -0.550. The Morgan fingerprint density at radius 3 is 2.85 bits per heavy atom. The maximum Gasteiger partial charge on any atom is 0.0871 e. The van der Waals surface area contributed by atoms with Crippen molar-refractivity contribution in [3.05, 3.63) is 0 Å². The average Bonchev–Trinajstić information content (AvgIpc) is 2.80. The Bertz CT molecular complexity index is 270. The van der Waals surface area contributed by atoms with E-state index in [0.717, 1.165) is 18.9 Å². The first-order chi connectivity index (χ1) is 6.35. The van der Waals surface area contributed by atoms with Crippen molar-refractivity contribution >= 4 is 0 Å². The van der Waals surface area contributed by atoms with E-state index in [1.54, 1.807) is 0 Å². The summed E-state index contributed by atoms with van der Waals surface area (Å²) in [7, 11) is 0. The molecule has 3 fully saturated rings. The Balaban J connectivity index is 1.93. The molecule has 1 aliphatic heterocycles. The first-order valence-electron chi connectivity index (χ1n) is 5.39. The highest BCUT2D eigenvalue weighted by Crippen LogP contribution is 2.58.